The number of hydrogen-bond donors (Lipinski definition) is 1. The molecule has 3 aromatic carbocycles. The average molecular weight is 523 g/mol. The summed E-state index contributed by atoms with van der Waals surface area (Å²) in [5.41, 5.74) is 2.83. The summed E-state index contributed by atoms with van der Waals surface area (Å²) in [6.07, 6.45) is 0.630. The van der Waals surface area contributed by atoms with Crippen molar-refractivity contribution in [3.05, 3.63) is 100 Å². The van der Waals surface area contributed by atoms with Gasteiger partial charge in [0.2, 0.25) is 11.8 Å². The summed E-state index contributed by atoms with van der Waals surface area (Å²) in [4.78, 5) is 28.7. The van der Waals surface area contributed by atoms with Gasteiger partial charge in [-0.2, -0.15) is 0 Å². The van der Waals surface area contributed by atoms with Crippen molar-refractivity contribution >= 4 is 27.7 Å². The van der Waals surface area contributed by atoms with Crippen molar-refractivity contribution in [2.24, 2.45) is 0 Å². The van der Waals surface area contributed by atoms with Gasteiger partial charge in [-0.15, -0.1) is 0 Å². The van der Waals surface area contributed by atoms with Crippen LogP contribution in [-0.2, 0) is 29.0 Å². The maximum atomic E-state index is 13.7. The van der Waals surface area contributed by atoms with E-state index in [9.17, 15) is 9.59 Å². The van der Waals surface area contributed by atoms with E-state index in [4.69, 9.17) is 4.74 Å². The molecule has 2 amide bonds. The molecule has 0 radical (unpaired) electrons. The lowest BCUT2D eigenvalue weighted by atomic mass is 10.0. The Hall–Kier alpha value is -3.12. The Morgan fingerprint density at radius 3 is 2.09 bits per heavy atom. The Bertz CT molecular complexity index is 1070. The molecule has 0 aliphatic rings. The molecule has 0 fully saturated rings. The molecule has 0 spiro atoms. The highest BCUT2D eigenvalue weighted by Gasteiger charge is 2.30. The molecule has 0 aliphatic heterocycles. The van der Waals surface area contributed by atoms with Crippen LogP contribution in [0, 0.1) is 0 Å². The van der Waals surface area contributed by atoms with E-state index in [0.29, 0.717) is 13.0 Å². The molecule has 1 N–H and O–H groups in total. The van der Waals surface area contributed by atoms with Crippen molar-refractivity contribution in [3.63, 3.8) is 0 Å². The van der Waals surface area contributed by atoms with Crippen LogP contribution in [0.2, 0.25) is 0 Å². The standard InChI is InChI=1S/C28H31BrN2O3/c1-20(2)30-28(33)26(17-21-7-5-4-6-8-21)31(19-23-9-13-24(29)14-10-23)27(32)18-22-11-15-25(34-3)16-12-22/h4-16,20,26H,17-19H2,1-3H3,(H,30,33). The first-order valence-corrected chi connectivity index (χ1v) is 12.2. The largest absolute Gasteiger partial charge is 0.497 e. The summed E-state index contributed by atoms with van der Waals surface area (Å²) >= 11 is 3.47. The number of carbonyl (C=O) groups excluding carboxylic acids is 2. The molecule has 1 atom stereocenters. The Labute approximate surface area is 210 Å². The van der Waals surface area contributed by atoms with Crippen LogP contribution in [0.15, 0.2) is 83.3 Å². The molecular formula is C28H31BrN2O3. The lowest BCUT2D eigenvalue weighted by Crippen LogP contribution is -2.52. The number of nitrogens with zero attached hydrogens (tertiary/aromatic N) is 1. The second-order valence-electron chi connectivity index (χ2n) is 8.54. The summed E-state index contributed by atoms with van der Waals surface area (Å²) in [7, 11) is 1.61. The van der Waals surface area contributed by atoms with Gasteiger partial charge in [-0.3, -0.25) is 9.59 Å². The van der Waals surface area contributed by atoms with Gasteiger partial charge in [0.15, 0.2) is 0 Å². The monoisotopic (exact) mass is 522 g/mol. The van der Waals surface area contributed by atoms with Crippen molar-refractivity contribution in [2.45, 2.75) is 45.3 Å². The Morgan fingerprint density at radius 2 is 1.50 bits per heavy atom. The van der Waals surface area contributed by atoms with Gasteiger partial charge in [0.05, 0.1) is 13.5 Å². The Morgan fingerprint density at radius 1 is 0.882 bits per heavy atom. The van der Waals surface area contributed by atoms with Crippen LogP contribution in [-0.4, -0.2) is 35.9 Å². The van der Waals surface area contributed by atoms with E-state index in [2.05, 4.69) is 21.2 Å². The molecule has 0 saturated heterocycles. The third-order valence-corrected chi connectivity index (χ3v) is 6.01. The van der Waals surface area contributed by atoms with Crippen LogP contribution >= 0.6 is 15.9 Å². The van der Waals surface area contributed by atoms with E-state index in [1.54, 1.807) is 12.0 Å². The molecule has 0 aromatic heterocycles. The van der Waals surface area contributed by atoms with Crippen LogP contribution in [0.25, 0.3) is 0 Å². The molecule has 1 unspecified atom stereocenters. The van der Waals surface area contributed by atoms with Crippen molar-refractivity contribution in [1.82, 2.24) is 10.2 Å². The maximum Gasteiger partial charge on any atom is 0.243 e. The first-order valence-electron chi connectivity index (χ1n) is 11.4. The maximum absolute atomic E-state index is 13.7. The lowest BCUT2D eigenvalue weighted by molar-refractivity contribution is -0.141. The molecule has 178 valence electrons. The van der Waals surface area contributed by atoms with Crippen molar-refractivity contribution in [2.75, 3.05) is 7.11 Å². The van der Waals surface area contributed by atoms with Gasteiger partial charge in [-0.05, 0) is 54.8 Å². The molecule has 0 aliphatic carbocycles. The number of amides is 2. The minimum Gasteiger partial charge on any atom is -0.497 e. The predicted octanol–water partition coefficient (Wildman–Crippen LogP) is 5.16. The van der Waals surface area contributed by atoms with E-state index in [1.807, 2.05) is 92.7 Å². The predicted molar refractivity (Wildman–Crippen MR) is 139 cm³/mol. The third kappa shape index (κ3) is 7.45. The number of rotatable bonds is 10. The molecule has 34 heavy (non-hydrogen) atoms. The Balaban J connectivity index is 1.94. The van der Waals surface area contributed by atoms with Gasteiger partial charge in [0.25, 0.3) is 0 Å². The number of carbonyl (C=O) groups is 2. The lowest BCUT2D eigenvalue weighted by Gasteiger charge is -2.32. The number of nitrogens with one attached hydrogen (secondary N) is 1. The fraction of sp³-hybridized carbons (Fsp3) is 0.286. The van der Waals surface area contributed by atoms with Gasteiger partial charge in [-0.1, -0.05) is 70.5 Å². The zero-order chi connectivity index (χ0) is 24.5. The topological polar surface area (TPSA) is 58.6 Å². The molecule has 5 nitrogen and oxygen atoms in total. The minimum atomic E-state index is -0.640. The van der Waals surface area contributed by atoms with Gasteiger partial charge in [0.1, 0.15) is 11.8 Å². The number of ether oxygens (including phenoxy) is 1. The second-order valence-corrected chi connectivity index (χ2v) is 9.46. The zero-order valence-electron chi connectivity index (χ0n) is 19.8. The fourth-order valence-electron chi connectivity index (χ4n) is 3.74. The smallest absolute Gasteiger partial charge is 0.243 e. The van der Waals surface area contributed by atoms with Gasteiger partial charge < -0.3 is 15.0 Å². The van der Waals surface area contributed by atoms with Gasteiger partial charge >= 0.3 is 0 Å². The first-order chi connectivity index (χ1) is 16.4. The van der Waals surface area contributed by atoms with Crippen LogP contribution in [0.1, 0.15) is 30.5 Å². The molecule has 6 heteroatoms. The molecular weight excluding hydrogens is 492 g/mol. The van der Waals surface area contributed by atoms with Crippen molar-refractivity contribution in [1.29, 1.82) is 0 Å². The number of halogens is 1. The first kappa shape index (κ1) is 25.5. The third-order valence-electron chi connectivity index (χ3n) is 5.48. The summed E-state index contributed by atoms with van der Waals surface area (Å²) in [5, 5.41) is 3.02. The second kappa shape index (κ2) is 12.4. The molecule has 0 saturated carbocycles. The van der Waals surface area contributed by atoms with Crippen molar-refractivity contribution in [3.8, 4) is 5.75 Å². The number of hydrogen-bond acceptors (Lipinski definition) is 3. The summed E-state index contributed by atoms with van der Waals surface area (Å²) in [6, 6.07) is 24.4. The zero-order valence-corrected chi connectivity index (χ0v) is 21.4. The van der Waals surface area contributed by atoms with Crippen LogP contribution in [0.5, 0.6) is 5.75 Å². The van der Waals surface area contributed by atoms with E-state index in [1.165, 1.54) is 0 Å². The van der Waals surface area contributed by atoms with Gasteiger partial charge in [-0.25, -0.2) is 0 Å². The van der Waals surface area contributed by atoms with Crippen molar-refractivity contribution < 1.29 is 14.3 Å². The molecule has 3 rings (SSSR count). The van der Waals surface area contributed by atoms with Crippen LogP contribution in [0.4, 0.5) is 0 Å². The van der Waals surface area contributed by atoms with E-state index < -0.39 is 6.04 Å². The number of methoxy groups -OCH3 is 1. The van der Waals surface area contributed by atoms with Gasteiger partial charge in [0, 0.05) is 23.5 Å². The van der Waals surface area contributed by atoms with E-state index >= 15 is 0 Å². The fourth-order valence-corrected chi connectivity index (χ4v) is 4.01. The molecule has 3 aromatic rings. The average Bonchev–Trinajstić information content (AvgIpc) is 2.83. The quantitative estimate of drug-likeness (QED) is 0.399. The normalized spacial score (nSPS) is 11.7. The highest BCUT2D eigenvalue weighted by molar-refractivity contribution is 9.10. The minimum absolute atomic E-state index is 0.0306. The van der Waals surface area contributed by atoms with E-state index in [0.717, 1.165) is 26.9 Å². The van der Waals surface area contributed by atoms with Crippen LogP contribution in [0.3, 0.4) is 0 Å². The summed E-state index contributed by atoms with van der Waals surface area (Å²) < 4.78 is 6.19. The molecule has 0 bridgehead atoms. The molecule has 0 heterocycles. The summed E-state index contributed by atoms with van der Waals surface area (Å²) in [5.74, 6) is 0.480. The Kier molecular flexibility index (Phi) is 9.28. The number of benzene rings is 3. The highest BCUT2D eigenvalue weighted by atomic mass is 79.9. The van der Waals surface area contributed by atoms with Crippen LogP contribution < -0.4 is 10.1 Å². The highest BCUT2D eigenvalue weighted by Crippen LogP contribution is 2.19. The SMILES string of the molecule is COc1ccc(CC(=O)N(Cc2ccc(Br)cc2)C(Cc2ccccc2)C(=O)NC(C)C)cc1. The van der Waals surface area contributed by atoms with E-state index in [-0.39, 0.29) is 24.3 Å². The summed E-state index contributed by atoms with van der Waals surface area (Å²) in [6.45, 7) is 4.19.